The molecule has 6 nitrogen and oxygen atoms in total. The standard InChI is InChI=1S/C21H22N4O2/c1-3-27-20(26)17-10-6-7-11-18(17)24-19-12-13-22-21(25-19)23-14-16-9-5-4-8-15(16)2/h4-13H,3,14H2,1-2H3,(H2,22,23,24,25). The second-order valence-corrected chi connectivity index (χ2v) is 5.94. The Bertz CT molecular complexity index is 927. The number of benzene rings is 2. The van der Waals surface area contributed by atoms with Gasteiger partial charge in [0, 0.05) is 12.7 Å². The maximum atomic E-state index is 12.1. The second kappa shape index (κ2) is 8.80. The zero-order chi connectivity index (χ0) is 19.1. The second-order valence-electron chi connectivity index (χ2n) is 5.94. The number of nitrogens with one attached hydrogen (secondary N) is 2. The van der Waals surface area contributed by atoms with Crippen molar-refractivity contribution >= 4 is 23.4 Å². The SMILES string of the molecule is CCOC(=O)c1ccccc1Nc1ccnc(NCc2ccccc2C)n1. The molecule has 138 valence electrons. The molecular weight excluding hydrogens is 340 g/mol. The molecule has 3 aromatic rings. The van der Waals surface area contributed by atoms with E-state index in [2.05, 4.69) is 39.7 Å². The summed E-state index contributed by atoms with van der Waals surface area (Å²) in [5.41, 5.74) is 3.50. The molecule has 3 rings (SSSR count). The molecular formula is C21H22N4O2. The van der Waals surface area contributed by atoms with E-state index in [9.17, 15) is 4.79 Å². The van der Waals surface area contributed by atoms with Gasteiger partial charge in [-0.25, -0.2) is 9.78 Å². The van der Waals surface area contributed by atoms with Gasteiger partial charge in [-0.2, -0.15) is 4.98 Å². The number of hydrogen-bond donors (Lipinski definition) is 2. The van der Waals surface area contributed by atoms with Crippen LogP contribution in [0.3, 0.4) is 0 Å². The van der Waals surface area contributed by atoms with E-state index in [1.807, 2.05) is 24.3 Å². The van der Waals surface area contributed by atoms with Crippen LogP contribution in [0.2, 0.25) is 0 Å². The Morgan fingerprint density at radius 3 is 2.67 bits per heavy atom. The van der Waals surface area contributed by atoms with Gasteiger partial charge in [0.1, 0.15) is 5.82 Å². The lowest BCUT2D eigenvalue weighted by Crippen LogP contribution is -2.09. The van der Waals surface area contributed by atoms with Crippen molar-refractivity contribution in [1.29, 1.82) is 0 Å². The van der Waals surface area contributed by atoms with Crippen LogP contribution in [-0.2, 0) is 11.3 Å². The Labute approximate surface area is 158 Å². The normalized spacial score (nSPS) is 10.3. The quantitative estimate of drug-likeness (QED) is 0.610. The fourth-order valence-corrected chi connectivity index (χ4v) is 2.61. The van der Waals surface area contributed by atoms with Gasteiger partial charge in [-0.3, -0.25) is 0 Å². The van der Waals surface area contributed by atoms with Crippen LogP contribution in [0.5, 0.6) is 0 Å². The first-order valence-electron chi connectivity index (χ1n) is 8.82. The van der Waals surface area contributed by atoms with E-state index in [4.69, 9.17) is 4.74 Å². The Hall–Kier alpha value is -3.41. The predicted molar refractivity (Wildman–Crippen MR) is 106 cm³/mol. The molecule has 27 heavy (non-hydrogen) atoms. The number of aromatic nitrogens is 2. The summed E-state index contributed by atoms with van der Waals surface area (Å²) in [7, 11) is 0. The van der Waals surface area contributed by atoms with Crippen LogP contribution in [0.25, 0.3) is 0 Å². The first-order chi connectivity index (χ1) is 13.2. The van der Waals surface area contributed by atoms with Gasteiger partial charge in [0.2, 0.25) is 5.95 Å². The van der Waals surface area contributed by atoms with E-state index in [0.29, 0.717) is 36.2 Å². The van der Waals surface area contributed by atoms with Crippen LogP contribution in [0.4, 0.5) is 17.5 Å². The number of rotatable bonds is 7. The number of nitrogens with zero attached hydrogens (tertiary/aromatic N) is 2. The minimum absolute atomic E-state index is 0.327. The van der Waals surface area contributed by atoms with Crippen molar-refractivity contribution in [2.45, 2.75) is 20.4 Å². The van der Waals surface area contributed by atoms with Crippen molar-refractivity contribution in [3.05, 3.63) is 77.5 Å². The molecule has 0 unspecified atom stereocenters. The molecule has 0 bridgehead atoms. The monoisotopic (exact) mass is 362 g/mol. The highest BCUT2D eigenvalue weighted by atomic mass is 16.5. The third-order valence-electron chi connectivity index (χ3n) is 4.04. The minimum atomic E-state index is -0.368. The average Bonchev–Trinajstić information content (AvgIpc) is 2.68. The van der Waals surface area contributed by atoms with Gasteiger partial charge < -0.3 is 15.4 Å². The molecule has 0 aliphatic heterocycles. The van der Waals surface area contributed by atoms with Crippen molar-refractivity contribution in [3.8, 4) is 0 Å². The smallest absolute Gasteiger partial charge is 0.340 e. The third-order valence-corrected chi connectivity index (χ3v) is 4.04. The van der Waals surface area contributed by atoms with Gasteiger partial charge in [-0.05, 0) is 43.2 Å². The lowest BCUT2D eigenvalue weighted by molar-refractivity contribution is 0.0527. The molecule has 0 amide bonds. The first-order valence-corrected chi connectivity index (χ1v) is 8.82. The summed E-state index contributed by atoms with van der Waals surface area (Å²) in [5, 5.41) is 6.40. The summed E-state index contributed by atoms with van der Waals surface area (Å²) in [6.45, 7) is 4.82. The number of esters is 1. The van der Waals surface area contributed by atoms with E-state index in [0.717, 1.165) is 0 Å². The molecule has 0 spiro atoms. The van der Waals surface area contributed by atoms with Crippen LogP contribution in [0, 0.1) is 6.92 Å². The zero-order valence-electron chi connectivity index (χ0n) is 15.4. The number of ether oxygens (including phenoxy) is 1. The molecule has 1 aromatic heterocycles. The number of anilines is 3. The molecule has 2 N–H and O–H groups in total. The topological polar surface area (TPSA) is 76.1 Å². The van der Waals surface area contributed by atoms with Crippen molar-refractivity contribution in [2.75, 3.05) is 17.2 Å². The fourth-order valence-electron chi connectivity index (χ4n) is 2.61. The van der Waals surface area contributed by atoms with Crippen molar-refractivity contribution in [1.82, 2.24) is 9.97 Å². The lowest BCUT2D eigenvalue weighted by Gasteiger charge is -2.12. The molecule has 0 saturated carbocycles. The van der Waals surface area contributed by atoms with E-state index in [1.54, 1.807) is 31.3 Å². The molecule has 6 heteroatoms. The lowest BCUT2D eigenvalue weighted by atomic mass is 10.1. The molecule has 0 fully saturated rings. The van der Waals surface area contributed by atoms with Gasteiger partial charge >= 0.3 is 5.97 Å². The number of carbonyl (C=O) groups is 1. The predicted octanol–water partition coefficient (Wildman–Crippen LogP) is 4.32. The summed E-state index contributed by atoms with van der Waals surface area (Å²) in [4.78, 5) is 20.8. The van der Waals surface area contributed by atoms with Crippen LogP contribution in [0.15, 0.2) is 60.8 Å². The van der Waals surface area contributed by atoms with Crippen molar-refractivity contribution in [3.63, 3.8) is 0 Å². The molecule has 0 saturated heterocycles. The van der Waals surface area contributed by atoms with E-state index in [1.165, 1.54) is 11.1 Å². The summed E-state index contributed by atoms with van der Waals surface area (Å²) in [6.07, 6.45) is 1.67. The largest absolute Gasteiger partial charge is 0.462 e. The van der Waals surface area contributed by atoms with Gasteiger partial charge in [0.15, 0.2) is 0 Å². The number of hydrogen-bond acceptors (Lipinski definition) is 6. The van der Waals surface area contributed by atoms with Crippen LogP contribution < -0.4 is 10.6 Å². The Morgan fingerprint density at radius 1 is 1.07 bits per heavy atom. The van der Waals surface area contributed by atoms with E-state index in [-0.39, 0.29) is 5.97 Å². The molecule has 0 aliphatic carbocycles. The van der Waals surface area contributed by atoms with Crippen LogP contribution in [-0.4, -0.2) is 22.5 Å². The molecule has 0 atom stereocenters. The van der Waals surface area contributed by atoms with E-state index >= 15 is 0 Å². The molecule has 2 aromatic carbocycles. The maximum absolute atomic E-state index is 12.1. The van der Waals surface area contributed by atoms with E-state index < -0.39 is 0 Å². The number of carbonyl (C=O) groups excluding carboxylic acids is 1. The van der Waals surface area contributed by atoms with Gasteiger partial charge in [-0.15, -0.1) is 0 Å². The fraction of sp³-hybridized carbons (Fsp3) is 0.190. The molecule has 0 radical (unpaired) electrons. The highest BCUT2D eigenvalue weighted by molar-refractivity contribution is 5.96. The highest BCUT2D eigenvalue weighted by Gasteiger charge is 2.12. The number of aryl methyl sites for hydroxylation is 1. The van der Waals surface area contributed by atoms with Gasteiger partial charge in [0.25, 0.3) is 0 Å². The first kappa shape index (κ1) is 18.4. The third kappa shape index (κ3) is 4.82. The minimum Gasteiger partial charge on any atom is -0.462 e. The van der Waals surface area contributed by atoms with Crippen molar-refractivity contribution in [2.24, 2.45) is 0 Å². The average molecular weight is 362 g/mol. The summed E-state index contributed by atoms with van der Waals surface area (Å²) in [5.74, 6) is 0.735. The number of para-hydroxylation sites is 1. The maximum Gasteiger partial charge on any atom is 0.340 e. The van der Waals surface area contributed by atoms with Crippen LogP contribution >= 0.6 is 0 Å². The van der Waals surface area contributed by atoms with Crippen LogP contribution in [0.1, 0.15) is 28.4 Å². The van der Waals surface area contributed by atoms with Crippen molar-refractivity contribution < 1.29 is 9.53 Å². The molecule has 0 aliphatic rings. The Kier molecular flexibility index (Phi) is 5.99. The Balaban J connectivity index is 1.73. The zero-order valence-corrected chi connectivity index (χ0v) is 15.4. The summed E-state index contributed by atoms with van der Waals surface area (Å²) < 4.78 is 5.10. The summed E-state index contributed by atoms with van der Waals surface area (Å²) >= 11 is 0. The summed E-state index contributed by atoms with van der Waals surface area (Å²) in [6, 6.07) is 17.1. The Morgan fingerprint density at radius 2 is 1.85 bits per heavy atom. The highest BCUT2D eigenvalue weighted by Crippen LogP contribution is 2.21. The molecule has 1 heterocycles. The van der Waals surface area contributed by atoms with Gasteiger partial charge in [0.05, 0.1) is 17.9 Å². The van der Waals surface area contributed by atoms with Gasteiger partial charge in [-0.1, -0.05) is 36.4 Å².